The Balaban J connectivity index is 0.990. The van der Waals surface area contributed by atoms with Crippen LogP contribution in [0.3, 0.4) is 0 Å². The van der Waals surface area contributed by atoms with Crippen LogP contribution < -0.4 is 11.5 Å². The lowest BCUT2D eigenvalue weighted by Gasteiger charge is -2.37. The summed E-state index contributed by atoms with van der Waals surface area (Å²) >= 11 is 14.0. The predicted octanol–water partition coefficient (Wildman–Crippen LogP) is 23.0. The van der Waals surface area contributed by atoms with Crippen LogP contribution in [0.1, 0.15) is 178 Å². The second-order valence-corrected chi connectivity index (χ2v) is 29.9. The molecule has 11 rings (SSSR count). The first-order valence-corrected chi connectivity index (χ1v) is 35.8. The van der Waals surface area contributed by atoms with Crippen LogP contribution in [-0.2, 0) is 18.3 Å². The number of fused-ring (bicyclic) bond motifs is 5. The number of unbranched alkanes of at least 4 members (excludes halogenated alkanes) is 8. The van der Waals surface area contributed by atoms with E-state index in [1.807, 2.05) is 68.0 Å². The largest absolute Gasteiger partial charge is 0.398 e. The van der Waals surface area contributed by atoms with Gasteiger partial charge < -0.3 is 11.5 Å². The van der Waals surface area contributed by atoms with E-state index in [0.29, 0.717) is 11.8 Å². The zero-order valence-electron chi connectivity index (χ0n) is 46.9. The Morgan fingerprint density at radius 1 is 0.405 bits per heavy atom. The molecule has 0 aliphatic heterocycles. The summed E-state index contributed by atoms with van der Waals surface area (Å²) in [4.78, 5) is 15.7. The molecule has 1 aliphatic rings. The van der Waals surface area contributed by atoms with Crippen molar-refractivity contribution >= 4 is 125 Å². The van der Waals surface area contributed by atoms with E-state index in [4.69, 9.17) is 29.0 Å². The Morgan fingerprint density at radius 3 is 1.22 bits per heavy atom. The van der Waals surface area contributed by atoms with Gasteiger partial charge in [0.05, 0.1) is 23.5 Å². The van der Waals surface area contributed by atoms with E-state index in [1.165, 1.54) is 186 Å². The van der Waals surface area contributed by atoms with Crippen LogP contribution >= 0.6 is 91.5 Å². The average molecular weight is 1200 g/mol. The Morgan fingerprint density at radius 2 is 0.797 bits per heavy atom. The normalized spacial score (nSPS) is 13.8. The third kappa shape index (κ3) is 11.5. The first-order chi connectivity index (χ1) is 38.7. The molecule has 8 aromatic heterocycles. The highest BCUT2D eigenvalue weighted by atomic mass is 32.1. The topological polar surface area (TPSA) is 104 Å². The first kappa shape index (κ1) is 56.7. The zero-order valence-corrected chi connectivity index (χ0v) is 53.5. The van der Waals surface area contributed by atoms with Crippen molar-refractivity contribution in [2.75, 3.05) is 11.5 Å². The minimum atomic E-state index is -0.151. The van der Waals surface area contributed by atoms with Crippen molar-refractivity contribution in [3.63, 3.8) is 0 Å². The van der Waals surface area contributed by atoms with Crippen molar-refractivity contribution in [1.82, 2.24) is 17.5 Å². The molecule has 10 aromatic rings. The number of hydrogen-bond donors (Lipinski definition) is 2. The van der Waals surface area contributed by atoms with Crippen LogP contribution in [0.15, 0.2) is 72.8 Å². The summed E-state index contributed by atoms with van der Waals surface area (Å²) in [6.07, 6.45) is 24.6. The minimum Gasteiger partial charge on any atom is -0.398 e. The van der Waals surface area contributed by atoms with Crippen LogP contribution in [0.2, 0.25) is 0 Å². The van der Waals surface area contributed by atoms with E-state index in [9.17, 15) is 0 Å². The standard InChI is InChI=1S/C65H76N6S8/c1-7-13-17-19-23-41-25-27-49(72-41)51-29-31-53(74-51)57-47(66)33-43(59-61(57)70-78-68-59)55-35-45-63(76-55)64-46(65(45,37-39(11-5)21-15-9-3)38-40(12-6)22-16-10-4)36-56(77-64)44-34-48(67)58(62-60(44)69-79-71-62)54-32-30-52(75-54)50-28-26-42(73-50)24-20-18-14-8-2/h25-36,39-40H,7-24,37-38,66-67H2,1-6H3. The Kier molecular flexibility index (Phi) is 18.4. The molecule has 2 unspecified atom stereocenters. The molecule has 0 fully saturated rings. The molecule has 0 radical (unpaired) electrons. The van der Waals surface area contributed by atoms with Gasteiger partial charge in [0, 0.05) is 97.6 Å². The molecule has 0 amide bonds. The third-order valence-electron chi connectivity index (χ3n) is 16.8. The third-order valence-corrected chi connectivity index (χ3v) is 25.2. The van der Waals surface area contributed by atoms with Gasteiger partial charge in [0.15, 0.2) is 0 Å². The van der Waals surface area contributed by atoms with Crippen molar-refractivity contribution in [1.29, 1.82) is 0 Å². The average Bonchev–Trinajstić information content (AvgIpc) is 3.70. The molecule has 2 atom stereocenters. The smallest absolute Gasteiger partial charge is 0.116 e. The molecule has 1 aliphatic carbocycles. The summed E-state index contributed by atoms with van der Waals surface area (Å²) < 4.78 is 20.2. The summed E-state index contributed by atoms with van der Waals surface area (Å²) in [5, 5.41) is 0. The van der Waals surface area contributed by atoms with Gasteiger partial charge in [-0.05, 0) is 134 Å². The van der Waals surface area contributed by atoms with Gasteiger partial charge in [0.1, 0.15) is 22.1 Å². The molecule has 6 nitrogen and oxygen atoms in total. The molecule has 0 bridgehead atoms. The highest BCUT2D eigenvalue weighted by molar-refractivity contribution is 7.26. The molecular formula is C65H76N6S8. The van der Waals surface area contributed by atoms with Crippen molar-refractivity contribution in [2.45, 2.75) is 175 Å². The quantitative estimate of drug-likeness (QED) is 0.0374. The number of rotatable bonds is 28. The number of nitrogens with zero attached hydrogens (tertiary/aromatic N) is 4. The van der Waals surface area contributed by atoms with Crippen molar-refractivity contribution in [3.05, 3.63) is 93.7 Å². The van der Waals surface area contributed by atoms with Gasteiger partial charge in [0.2, 0.25) is 0 Å². The number of nitrogen functional groups attached to an aromatic ring is 2. The number of benzene rings is 2. The molecule has 2 aromatic carbocycles. The molecule has 14 heteroatoms. The molecule has 79 heavy (non-hydrogen) atoms. The molecule has 0 saturated heterocycles. The van der Waals surface area contributed by atoms with Gasteiger partial charge in [-0.1, -0.05) is 131 Å². The first-order valence-electron chi connectivity index (χ1n) is 29.5. The SMILES string of the molecule is CCCCCCc1ccc(-c2ccc(-c3c(N)cc(-c4cc5c(s4)-c4sc(-c6cc(N)c(-c7ccc(-c8ccc(CCCCCC)s8)s7)c7nsnc67)cc4C5(CC(CC)CCCC)CC(CC)CCCC)c4nsnc34)s2)s1. The second kappa shape index (κ2) is 25.6. The maximum Gasteiger partial charge on any atom is 0.116 e. The Bertz CT molecular complexity index is 3410. The maximum absolute atomic E-state index is 7.28. The van der Waals surface area contributed by atoms with Crippen LogP contribution in [-0.4, -0.2) is 17.5 Å². The summed E-state index contributed by atoms with van der Waals surface area (Å²) in [5.74, 6) is 1.21. The fraction of sp³-hybridized carbons (Fsp3) is 0.446. The van der Waals surface area contributed by atoms with E-state index in [0.717, 1.165) is 91.1 Å². The Hall–Kier alpha value is -4.12. The van der Waals surface area contributed by atoms with Crippen LogP contribution in [0.5, 0.6) is 0 Å². The van der Waals surface area contributed by atoms with Gasteiger partial charge in [-0.3, -0.25) is 0 Å². The van der Waals surface area contributed by atoms with Crippen molar-refractivity contribution < 1.29 is 0 Å². The van der Waals surface area contributed by atoms with Crippen LogP contribution in [0.25, 0.3) is 93.1 Å². The van der Waals surface area contributed by atoms with Gasteiger partial charge in [-0.2, -0.15) is 17.5 Å². The zero-order chi connectivity index (χ0) is 54.6. The predicted molar refractivity (Wildman–Crippen MR) is 355 cm³/mol. The lowest BCUT2D eigenvalue weighted by molar-refractivity contribution is 0.266. The van der Waals surface area contributed by atoms with E-state index < -0.39 is 0 Å². The van der Waals surface area contributed by atoms with Gasteiger partial charge in [-0.15, -0.1) is 68.0 Å². The van der Waals surface area contributed by atoms with Crippen LogP contribution in [0, 0.1) is 11.8 Å². The number of anilines is 2. The van der Waals surface area contributed by atoms with Crippen molar-refractivity contribution in [2.24, 2.45) is 11.8 Å². The minimum absolute atomic E-state index is 0.151. The van der Waals surface area contributed by atoms with E-state index >= 15 is 0 Å². The fourth-order valence-corrected chi connectivity index (χ4v) is 20.7. The van der Waals surface area contributed by atoms with Gasteiger partial charge in [0.25, 0.3) is 0 Å². The van der Waals surface area contributed by atoms with Gasteiger partial charge >= 0.3 is 0 Å². The number of nitrogens with two attached hydrogens (primary N) is 2. The van der Waals surface area contributed by atoms with E-state index in [2.05, 4.69) is 114 Å². The molecule has 414 valence electrons. The summed E-state index contributed by atoms with van der Waals surface area (Å²) in [5.41, 5.74) is 26.8. The molecule has 4 N–H and O–H groups in total. The number of aromatic nitrogens is 4. The molecule has 0 saturated carbocycles. The number of hydrogen-bond acceptors (Lipinski definition) is 14. The van der Waals surface area contributed by atoms with Gasteiger partial charge in [-0.25, -0.2) is 0 Å². The molecule has 0 spiro atoms. The van der Waals surface area contributed by atoms with Crippen LogP contribution in [0.4, 0.5) is 11.4 Å². The lowest BCUT2D eigenvalue weighted by Crippen LogP contribution is -2.31. The second-order valence-electron chi connectivity index (χ2n) is 22.2. The van der Waals surface area contributed by atoms with E-state index in [1.54, 1.807) is 0 Å². The molecule has 8 heterocycles. The lowest BCUT2D eigenvalue weighted by atomic mass is 9.65. The maximum atomic E-state index is 7.28. The summed E-state index contributed by atoms with van der Waals surface area (Å²) in [6.45, 7) is 14.1. The fourth-order valence-electron chi connectivity index (χ4n) is 12.4. The molecular weight excluding hydrogens is 1120 g/mol. The number of aryl methyl sites for hydroxylation is 2. The highest BCUT2D eigenvalue weighted by Crippen LogP contribution is 2.64. The number of thiophene rings is 6. The van der Waals surface area contributed by atoms with Crippen molar-refractivity contribution in [3.8, 4) is 71.0 Å². The summed E-state index contributed by atoms with van der Waals surface area (Å²) in [6, 6.07) is 27.9. The Labute approximate surface area is 501 Å². The van der Waals surface area contributed by atoms with E-state index in [-0.39, 0.29) is 5.41 Å². The monoisotopic (exact) mass is 1200 g/mol. The highest BCUT2D eigenvalue weighted by Gasteiger charge is 2.48. The summed E-state index contributed by atoms with van der Waals surface area (Å²) in [7, 11) is 0.